The standard InChI is InChI=1S/C15H26FN5O3/c16-9-1-2-11(10(7-9)15(23)24)18-14(22)12-3-4-13(20-19-12)21-6-5-17-8-21/h9-13,17,19-20H,1-8H2,(H,18,22)(H,23,24). The van der Waals surface area contributed by atoms with Crippen molar-refractivity contribution in [3.63, 3.8) is 0 Å². The van der Waals surface area contributed by atoms with Crippen molar-refractivity contribution < 1.29 is 19.1 Å². The third-order valence-corrected chi connectivity index (χ3v) is 5.23. The first kappa shape index (κ1) is 17.5. The summed E-state index contributed by atoms with van der Waals surface area (Å²) in [4.78, 5) is 26.0. The molecule has 1 saturated carbocycles. The topological polar surface area (TPSA) is 106 Å². The zero-order valence-corrected chi connectivity index (χ0v) is 13.6. The molecule has 0 spiro atoms. The highest BCUT2D eigenvalue weighted by Gasteiger charge is 2.38. The van der Waals surface area contributed by atoms with E-state index in [1.807, 2.05) is 0 Å². The van der Waals surface area contributed by atoms with Crippen molar-refractivity contribution in [2.75, 3.05) is 19.8 Å². The number of rotatable bonds is 4. The predicted octanol–water partition coefficient (Wildman–Crippen LogP) is -0.861. The van der Waals surface area contributed by atoms with Gasteiger partial charge in [0.2, 0.25) is 5.91 Å². The number of amides is 1. The normalized spacial score (nSPS) is 38.0. The van der Waals surface area contributed by atoms with Gasteiger partial charge < -0.3 is 15.7 Å². The molecule has 5 atom stereocenters. The highest BCUT2D eigenvalue weighted by Crippen LogP contribution is 2.27. The smallest absolute Gasteiger partial charge is 0.308 e. The van der Waals surface area contributed by atoms with Gasteiger partial charge in [0.25, 0.3) is 0 Å². The summed E-state index contributed by atoms with van der Waals surface area (Å²) in [5.74, 6) is -2.11. The van der Waals surface area contributed by atoms with Crippen LogP contribution in [0.15, 0.2) is 0 Å². The van der Waals surface area contributed by atoms with E-state index in [1.54, 1.807) is 0 Å². The SMILES string of the molecule is O=C(NC1CCC(F)CC1C(=O)O)C1CCC(N2CCNC2)NN1. The second-order valence-corrected chi connectivity index (χ2v) is 6.88. The van der Waals surface area contributed by atoms with Crippen molar-refractivity contribution in [2.45, 2.75) is 56.5 Å². The molecule has 24 heavy (non-hydrogen) atoms. The lowest BCUT2D eigenvalue weighted by atomic mass is 9.83. The fourth-order valence-electron chi connectivity index (χ4n) is 3.77. The Kier molecular flexibility index (Phi) is 5.65. The summed E-state index contributed by atoms with van der Waals surface area (Å²) < 4.78 is 13.4. The van der Waals surface area contributed by atoms with E-state index < -0.39 is 30.1 Å². The summed E-state index contributed by atoms with van der Waals surface area (Å²) >= 11 is 0. The minimum atomic E-state index is -1.09. The van der Waals surface area contributed by atoms with Crippen molar-refractivity contribution in [3.05, 3.63) is 0 Å². The zero-order valence-electron chi connectivity index (χ0n) is 13.6. The molecule has 2 saturated heterocycles. The van der Waals surface area contributed by atoms with Crippen LogP contribution in [0.4, 0.5) is 4.39 Å². The molecule has 3 aliphatic rings. The number of hydrogen-bond acceptors (Lipinski definition) is 6. The summed E-state index contributed by atoms with van der Waals surface area (Å²) in [6, 6.07) is -0.890. The Hall–Kier alpha value is -1.29. The molecule has 136 valence electrons. The minimum Gasteiger partial charge on any atom is -0.481 e. The van der Waals surface area contributed by atoms with Crippen LogP contribution in [0, 0.1) is 5.92 Å². The van der Waals surface area contributed by atoms with E-state index in [2.05, 4.69) is 26.4 Å². The molecular formula is C15H26FN5O3. The summed E-state index contributed by atoms with van der Waals surface area (Å²) in [5, 5.41) is 15.3. The largest absolute Gasteiger partial charge is 0.481 e. The van der Waals surface area contributed by atoms with E-state index in [-0.39, 0.29) is 18.5 Å². The number of carboxylic acids is 1. The Morgan fingerprint density at radius 1 is 1.17 bits per heavy atom. The maximum atomic E-state index is 13.4. The number of carboxylic acid groups (broad SMARTS) is 1. The first-order valence-electron chi connectivity index (χ1n) is 8.67. The quantitative estimate of drug-likeness (QED) is 0.452. The van der Waals surface area contributed by atoms with Gasteiger partial charge >= 0.3 is 5.97 Å². The second kappa shape index (κ2) is 7.73. The van der Waals surface area contributed by atoms with Gasteiger partial charge in [-0.1, -0.05) is 0 Å². The Morgan fingerprint density at radius 3 is 2.62 bits per heavy atom. The molecule has 3 rings (SSSR count). The molecule has 0 aromatic heterocycles. The Bertz CT molecular complexity index is 466. The van der Waals surface area contributed by atoms with Crippen molar-refractivity contribution in [1.29, 1.82) is 0 Å². The number of aliphatic carboxylic acids is 1. The maximum absolute atomic E-state index is 13.4. The van der Waals surface area contributed by atoms with Crippen LogP contribution in [0.5, 0.6) is 0 Å². The summed E-state index contributed by atoms with van der Waals surface area (Å²) in [5.41, 5.74) is 6.20. The van der Waals surface area contributed by atoms with Crippen molar-refractivity contribution >= 4 is 11.9 Å². The van der Waals surface area contributed by atoms with E-state index in [4.69, 9.17) is 0 Å². The van der Waals surface area contributed by atoms with Gasteiger partial charge in [0.1, 0.15) is 12.2 Å². The zero-order chi connectivity index (χ0) is 17.1. The van der Waals surface area contributed by atoms with Crippen LogP contribution in [0.25, 0.3) is 0 Å². The van der Waals surface area contributed by atoms with Crippen molar-refractivity contribution in [1.82, 2.24) is 26.4 Å². The molecule has 0 aromatic carbocycles. The molecule has 2 heterocycles. The summed E-state index contributed by atoms with van der Waals surface area (Å²) in [7, 11) is 0. The van der Waals surface area contributed by atoms with Crippen molar-refractivity contribution in [2.24, 2.45) is 5.92 Å². The van der Waals surface area contributed by atoms with Crippen LogP contribution < -0.4 is 21.5 Å². The molecule has 0 aromatic rings. The number of halogens is 1. The van der Waals surface area contributed by atoms with Crippen molar-refractivity contribution in [3.8, 4) is 0 Å². The van der Waals surface area contributed by atoms with Gasteiger partial charge in [-0.2, -0.15) is 0 Å². The fourth-order valence-corrected chi connectivity index (χ4v) is 3.77. The average molecular weight is 343 g/mol. The Balaban J connectivity index is 1.49. The number of carbonyl (C=O) groups excluding carboxylic acids is 1. The number of hydrazine groups is 1. The number of nitrogens with zero attached hydrogens (tertiary/aromatic N) is 1. The molecule has 3 fully saturated rings. The highest BCUT2D eigenvalue weighted by molar-refractivity contribution is 5.83. The lowest BCUT2D eigenvalue weighted by Gasteiger charge is -2.37. The van der Waals surface area contributed by atoms with Gasteiger partial charge in [0.15, 0.2) is 0 Å². The molecule has 0 radical (unpaired) electrons. The van der Waals surface area contributed by atoms with Crippen LogP contribution in [0.3, 0.4) is 0 Å². The molecular weight excluding hydrogens is 317 g/mol. The van der Waals surface area contributed by atoms with Crippen LogP contribution in [-0.4, -0.2) is 66.1 Å². The van der Waals surface area contributed by atoms with Gasteiger partial charge in [0, 0.05) is 25.8 Å². The van der Waals surface area contributed by atoms with Crippen LogP contribution in [0.2, 0.25) is 0 Å². The minimum absolute atomic E-state index is 0.0271. The second-order valence-electron chi connectivity index (χ2n) is 6.88. The van der Waals surface area contributed by atoms with Gasteiger partial charge in [-0.25, -0.2) is 15.2 Å². The molecule has 0 bridgehead atoms. The maximum Gasteiger partial charge on any atom is 0.308 e. The number of carbonyl (C=O) groups is 2. The average Bonchev–Trinajstić information content (AvgIpc) is 3.11. The van der Waals surface area contributed by atoms with Gasteiger partial charge in [-0.15, -0.1) is 0 Å². The third kappa shape index (κ3) is 4.02. The Morgan fingerprint density at radius 2 is 2.00 bits per heavy atom. The van der Waals surface area contributed by atoms with E-state index in [0.29, 0.717) is 19.3 Å². The van der Waals surface area contributed by atoms with Crippen LogP contribution in [0.1, 0.15) is 32.1 Å². The highest BCUT2D eigenvalue weighted by atomic mass is 19.1. The van der Waals surface area contributed by atoms with Crippen LogP contribution >= 0.6 is 0 Å². The molecule has 8 nitrogen and oxygen atoms in total. The van der Waals surface area contributed by atoms with Crippen LogP contribution in [-0.2, 0) is 9.59 Å². The first-order valence-corrected chi connectivity index (χ1v) is 8.67. The monoisotopic (exact) mass is 343 g/mol. The van der Waals surface area contributed by atoms with E-state index >= 15 is 0 Å². The molecule has 1 amide bonds. The third-order valence-electron chi connectivity index (χ3n) is 5.23. The molecule has 2 aliphatic heterocycles. The lowest BCUT2D eigenvalue weighted by Crippen LogP contribution is -2.62. The van der Waals surface area contributed by atoms with E-state index in [1.165, 1.54) is 0 Å². The summed E-state index contributed by atoms with van der Waals surface area (Å²) in [6.07, 6.45) is 1.26. The lowest BCUT2D eigenvalue weighted by molar-refractivity contribution is -0.145. The fraction of sp³-hybridized carbons (Fsp3) is 0.867. The van der Waals surface area contributed by atoms with Gasteiger partial charge in [-0.05, 0) is 32.1 Å². The molecule has 1 aliphatic carbocycles. The Labute approximate surface area is 140 Å². The van der Waals surface area contributed by atoms with Gasteiger partial charge in [-0.3, -0.25) is 14.5 Å². The molecule has 9 heteroatoms. The van der Waals surface area contributed by atoms with Gasteiger partial charge in [0.05, 0.1) is 12.1 Å². The molecule has 5 unspecified atom stereocenters. The first-order chi connectivity index (χ1) is 11.5. The summed E-state index contributed by atoms with van der Waals surface area (Å²) in [6.45, 7) is 2.78. The van der Waals surface area contributed by atoms with E-state index in [9.17, 15) is 19.1 Å². The number of hydrogen-bond donors (Lipinski definition) is 5. The molecule has 5 N–H and O–H groups in total. The number of alkyl halides is 1. The predicted molar refractivity (Wildman–Crippen MR) is 84.5 cm³/mol. The van der Waals surface area contributed by atoms with E-state index in [0.717, 1.165) is 26.2 Å². The number of nitrogens with one attached hydrogen (secondary N) is 4.